The quantitative estimate of drug-likeness (QED) is 0.780. The van der Waals surface area contributed by atoms with Gasteiger partial charge < -0.3 is 5.11 Å². The standard InChI is InChI=1S/C13H20O/c1-13(2,3)12-8-6-11(7-9-12)5-4-10-14/h6-9,14H,4-5,10H2,1-3H3. The first-order valence-electron chi connectivity index (χ1n) is 5.24. The summed E-state index contributed by atoms with van der Waals surface area (Å²) in [5.74, 6) is 0. The van der Waals surface area contributed by atoms with Crippen molar-refractivity contribution in [1.82, 2.24) is 0 Å². The lowest BCUT2D eigenvalue weighted by molar-refractivity contribution is 0.288. The molecule has 1 aromatic carbocycles. The second-order valence-electron chi connectivity index (χ2n) is 4.77. The van der Waals surface area contributed by atoms with Crippen LogP contribution in [0.4, 0.5) is 0 Å². The zero-order valence-electron chi connectivity index (χ0n) is 9.38. The smallest absolute Gasteiger partial charge is 0.0434 e. The summed E-state index contributed by atoms with van der Waals surface area (Å²) >= 11 is 0. The molecule has 0 heterocycles. The van der Waals surface area contributed by atoms with Gasteiger partial charge in [-0.05, 0) is 29.4 Å². The lowest BCUT2D eigenvalue weighted by Gasteiger charge is -2.19. The molecule has 1 aromatic rings. The minimum absolute atomic E-state index is 0.232. The monoisotopic (exact) mass is 192 g/mol. The van der Waals surface area contributed by atoms with Crippen molar-refractivity contribution in [2.75, 3.05) is 6.61 Å². The summed E-state index contributed by atoms with van der Waals surface area (Å²) in [5.41, 5.74) is 2.91. The number of aliphatic hydroxyl groups is 1. The molecule has 78 valence electrons. The molecular weight excluding hydrogens is 172 g/mol. The number of hydrogen-bond acceptors (Lipinski definition) is 1. The van der Waals surface area contributed by atoms with E-state index in [0.717, 1.165) is 12.8 Å². The molecule has 0 aromatic heterocycles. The maximum atomic E-state index is 8.71. The van der Waals surface area contributed by atoms with Gasteiger partial charge in [0.05, 0.1) is 0 Å². The third-order valence-electron chi connectivity index (χ3n) is 2.44. The van der Waals surface area contributed by atoms with Crippen LogP contribution >= 0.6 is 0 Å². The van der Waals surface area contributed by atoms with Crippen LogP contribution in [0.5, 0.6) is 0 Å². The predicted molar refractivity (Wildman–Crippen MR) is 60.5 cm³/mol. The summed E-state index contributed by atoms with van der Waals surface area (Å²) < 4.78 is 0. The Morgan fingerprint density at radius 1 is 1.07 bits per heavy atom. The molecular formula is C13H20O. The first kappa shape index (κ1) is 11.3. The molecule has 1 N–H and O–H groups in total. The van der Waals surface area contributed by atoms with Crippen LogP contribution in [0.3, 0.4) is 0 Å². The van der Waals surface area contributed by atoms with Crippen molar-refractivity contribution in [3.8, 4) is 0 Å². The molecule has 0 aliphatic carbocycles. The molecule has 0 saturated heterocycles. The Morgan fingerprint density at radius 3 is 2.07 bits per heavy atom. The number of aliphatic hydroxyl groups excluding tert-OH is 1. The van der Waals surface area contributed by atoms with Gasteiger partial charge in [-0.2, -0.15) is 0 Å². The maximum absolute atomic E-state index is 8.71. The van der Waals surface area contributed by atoms with Crippen LogP contribution in [0.25, 0.3) is 0 Å². The van der Waals surface area contributed by atoms with Crippen molar-refractivity contribution in [2.45, 2.75) is 39.0 Å². The van der Waals surface area contributed by atoms with E-state index in [1.165, 1.54) is 11.1 Å². The third kappa shape index (κ3) is 3.15. The normalized spacial score (nSPS) is 11.7. The van der Waals surface area contributed by atoms with Crippen LogP contribution in [0.2, 0.25) is 0 Å². The first-order chi connectivity index (χ1) is 6.54. The van der Waals surface area contributed by atoms with Gasteiger partial charge >= 0.3 is 0 Å². The average molecular weight is 192 g/mol. The topological polar surface area (TPSA) is 20.2 Å². The van der Waals surface area contributed by atoms with Gasteiger partial charge in [0.1, 0.15) is 0 Å². The highest BCUT2D eigenvalue weighted by molar-refractivity contribution is 5.27. The predicted octanol–water partition coefficient (Wildman–Crippen LogP) is 2.91. The van der Waals surface area contributed by atoms with Gasteiger partial charge in [-0.3, -0.25) is 0 Å². The van der Waals surface area contributed by atoms with E-state index in [1.807, 2.05) is 0 Å². The summed E-state index contributed by atoms with van der Waals surface area (Å²) in [7, 11) is 0. The molecule has 1 nitrogen and oxygen atoms in total. The van der Waals surface area contributed by atoms with E-state index in [1.54, 1.807) is 0 Å². The van der Waals surface area contributed by atoms with Gasteiger partial charge in [0.25, 0.3) is 0 Å². The fourth-order valence-electron chi connectivity index (χ4n) is 1.45. The Bertz CT molecular complexity index is 266. The maximum Gasteiger partial charge on any atom is 0.0434 e. The number of aryl methyl sites for hydroxylation is 1. The molecule has 0 unspecified atom stereocenters. The zero-order valence-corrected chi connectivity index (χ0v) is 9.38. The molecule has 0 fully saturated rings. The van der Waals surface area contributed by atoms with Crippen molar-refractivity contribution in [2.24, 2.45) is 0 Å². The Balaban J connectivity index is 2.69. The highest BCUT2D eigenvalue weighted by atomic mass is 16.2. The van der Waals surface area contributed by atoms with Crippen molar-refractivity contribution in [1.29, 1.82) is 0 Å². The SMILES string of the molecule is CC(C)(C)c1ccc(CCCO)cc1. The van der Waals surface area contributed by atoms with Crippen molar-refractivity contribution >= 4 is 0 Å². The zero-order chi connectivity index (χ0) is 10.6. The van der Waals surface area contributed by atoms with E-state index in [4.69, 9.17) is 5.11 Å². The number of rotatable bonds is 3. The molecule has 0 saturated carbocycles. The highest BCUT2D eigenvalue weighted by Gasteiger charge is 2.12. The van der Waals surface area contributed by atoms with E-state index in [0.29, 0.717) is 0 Å². The molecule has 1 heteroatoms. The van der Waals surface area contributed by atoms with Crippen LogP contribution in [0.15, 0.2) is 24.3 Å². The second-order valence-corrected chi connectivity index (χ2v) is 4.77. The second kappa shape index (κ2) is 4.61. The molecule has 0 aliphatic rings. The van der Waals surface area contributed by atoms with Gasteiger partial charge in [-0.1, -0.05) is 45.0 Å². The molecule has 14 heavy (non-hydrogen) atoms. The fourth-order valence-corrected chi connectivity index (χ4v) is 1.45. The van der Waals surface area contributed by atoms with Crippen LogP contribution in [-0.2, 0) is 11.8 Å². The Morgan fingerprint density at radius 2 is 1.64 bits per heavy atom. The third-order valence-corrected chi connectivity index (χ3v) is 2.44. The Kier molecular flexibility index (Phi) is 3.70. The minimum Gasteiger partial charge on any atom is -0.396 e. The first-order valence-corrected chi connectivity index (χ1v) is 5.24. The van der Waals surface area contributed by atoms with Gasteiger partial charge in [-0.25, -0.2) is 0 Å². The summed E-state index contributed by atoms with van der Waals surface area (Å²) in [6.45, 7) is 6.93. The van der Waals surface area contributed by atoms with Gasteiger partial charge in [0, 0.05) is 6.61 Å². The van der Waals surface area contributed by atoms with E-state index in [-0.39, 0.29) is 12.0 Å². The molecule has 0 radical (unpaired) electrons. The molecule has 0 aliphatic heterocycles. The summed E-state index contributed by atoms with van der Waals surface area (Å²) in [5, 5.41) is 8.71. The van der Waals surface area contributed by atoms with E-state index < -0.39 is 0 Å². The average Bonchev–Trinajstić information content (AvgIpc) is 2.14. The summed E-state index contributed by atoms with van der Waals surface area (Å²) in [6.07, 6.45) is 1.83. The molecule has 0 atom stereocenters. The largest absolute Gasteiger partial charge is 0.396 e. The van der Waals surface area contributed by atoms with Crippen LogP contribution < -0.4 is 0 Å². The van der Waals surface area contributed by atoms with Crippen LogP contribution in [0, 0.1) is 0 Å². The van der Waals surface area contributed by atoms with Crippen molar-refractivity contribution in [3.63, 3.8) is 0 Å². The number of hydrogen-bond donors (Lipinski definition) is 1. The lowest BCUT2D eigenvalue weighted by atomic mass is 9.86. The Labute approximate surface area is 86.8 Å². The fraction of sp³-hybridized carbons (Fsp3) is 0.538. The van der Waals surface area contributed by atoms with Gasteiger partial charge in [0.2, 0.25) is 0 Å². The van der Waals surface area contributed by atoms with Gasteiger partial charge in [0.15, 0.2) is 0 Å². The van der Waals surface area contributed by atoms with Crippen molar-refractivity contribution in [3.05, 3.63) is 35.4 Å². The van der Waals surface area contributed by atoms with E-state index >= 15 is 0 Å². The Hall–Kier alpha value is -0.820. The molecule has 0 spiro atoms. The minimum atomic E-state index is 0.232. The van der Waals surface area contributed by atoms with Crippen molar-refractivity contribution < 1.29 is 5.11 Å². The van der Waals surface area contributed by atoms with Gasteiger partial charge in [-0.15, -0.1) is 0 Å². The van der Waals surface area contributed by atoms with E-state index in [2.05, 4.69) is 45.0 Å². The number of benzene rings is 1. The summed E-state index contributed by atoms with van der Waals surface area (Å²) in [4.78, 5) is 0. The lowest BCUT2D eigenvalue weighted by Crippen LogP contribution is -2.10. The highest BCUT2D eigenvalue weighted by Crippen LogP contribution is 2.22. The van der Waals surface area contributed by atoms with Crippen LogP contribution in [0.1, 0.15) is 38.3 Å². The van der Waals surface area contributed by atoms with E-state index in [9.17, 15) is 0 Å². The van der Waals surface area contributed by atoms with Crippen LogP contribution in [-0.4, -0.2) is 11.7 Å². The molecule has 0 bridgehead atoms. The summed E-state index contributed by atoms with van der Waals surface area (Å²) in [6, 6.07) is 8.70. The molecule has 0 amide bonds. The molecule has 1 rings (SSSR count).